The fourth-order valence-corrected chi connectivity index (χ4v) is 1.58. The first-order chi connectivity index (χ1) is 8.26. The van der Waals surface area contributed by atoms with Crippen LogP contribution in [0.1, 0.15) is 18.9 Å². The van der Waals surface area contributed by atoms with Crippen molar-refractivity contribution in [2.75, 3.05) is 0 Å². The highest BCUT2D eigenvalue weighted by atomic mass is 19.4. The SMILES string of the molecule is CC(CC(F)(F)F)NC(=O)Cc1cccc(O)c1. The molecule has 1 aromatic carbocycles. The van der Waals surface area contributed by atoms with Crippen LogP contribution in [0.15, 0.2) is 24.3 Å². The van der Waals surface area contributed by atoms with Gasteiger partial charge >= 0.3 is 6.18 Å². The zero-order valence-electron chi connectivity index (χ0n) is 9.79. The number of rotatable bonds is 4. The van der Waals surface area contributed by atoms with E-state index >= 15 is 0 Å². The lowest BCUT2D eigenvalue weighted by molar-refractivity contribution is -0.141. The van der Waals surface area contributed by atoms with Crippen LogP contribution in [0, 0.1) is 0 Å². The van der Waals surface area contributed by atoms with Gasteiger partial charge in [0.05, 0.1) is 12.8 Å². The smallest absolute Gasteiger partial charge is 0.391 e. The number of alkyl halides is 3. The van der Waals surface area contributed by atoms with Crippen LogP contribution in [-0.2, 0) is 11.2 Å². The maximum Gasteiger partial charge on any atom is 0.391 e. The Morgan fingerprint density at radius 2 is 2.11 bits per heavy atom. The summed E-state index contributed by atoms with van der Waals surface area (Å²) in [6, 6.07) is 5.07. The summed E-state index contributed by atoms with van der Waals surface area (Å²) in [4.78, 5) is 11.5. The number of phenolic OH excluding ortho intramolecular Hbond substituents is 1. The summed E-state index contributed by atoms with van der Waals surface area (Å²) in [5.74, 6) is -0.485. The number of halogens is 3. The third kappa shape index (κ3) is 5.56. The van der Waals surface area contributed by atoms with Crippen LogP contribution in [0.2, 0.25) is 0 Å². The van der Waals surface area contributed by atoms with Gasteiger partial charge < -0.3 is 10.4 Å². The zero-order chi connectivity index (χ0) is 13.8. The van der Waals surface area contributed by atoms with Crippen molar-refractivity contribution in [2.45, 2.75) is 32.0 Å². The molecule has 1 aromatic rings. The molecule has 1 unspecified atom stereocenters. The number of carbonyl (C=O) groups excluding carboxylic acids is 1. The van der Waals surface area contributed by atoms with Gasteiger partial charge in [-0.15, -0.1) is 0 Å². The van der Waals surface area contributed by atoms with E-state index in [0.717, 1.165) is 0 Å². The second-order valence-corrected chi connectivity index (χ2v) is 4.13. The minimum absolute atomic E-state index is 0.0173. The standard InChI is InChI=1S/C12H14F3NO2/c1-8(7-12(13,14)15)16-11(18)6-9-3-2-4-10(17)5-9/h2-5,8,17H,6-7H2,1H3,(H,16,18). The highest BCUT2D eigenvalue weighted by Crippen LogP contribution is 2.21. The van der Waals surface area contributed by atoms with E-state index in [1.54, 1.807) is 12.1 Å². The number of benzene rings is 1. The number of amides is 1. The molecule has 6 heteroatoms. The molecule has 0 aliphatic carbocycles. The molecule has 0 bridgehead atoms. The lowest BCUT2D eigenvalue weighted by Crippen LogP contribution is -2.36. The summed E-state index contributed by atoms with van der Waals surface area (Å²) in [5.41, 5.74) is 0.548. The van der Waals surface area contributed by atoms with Gasteiger partial charge in [0, 0.05) is 6.04 Å². The molecule has 1 atom stereocenters. The molecule has 2 N–H and O–H groups in total. The number of hydrogen-bond acceptors (Lipinski definition) is 2. The van der Waals surface area contributed by atoms with Gasteiger partial charge in [0.2, 0.25) is 5.91 Å². The molecule has 0 spiro atoms. The van der Waals surface area contributed by atoms with E-state index in [1.165, 1.54) is 19.1 Å². The Morgan fingerprint density at radius 3 is 2.67 bits per heavy atom. The van der Waals surface area contributed by atoms with Crippen LogP contribution in [0.4, 0.5) is 13.2 Å². The summed E-state index contributed by atoms with van der Waals surface area (Å²) in [6.45, 7) is 1.30. The maximum absolute atomic E-state index is 12.1. The third-order valence-electron chi connectivity index (χ3n) is 2.22. The van der Waals surface area contributed by atoms with Crippen LogP contribution in [0.5, 0.6) is 5.75 Å². The number of aromatic hydroxyl groups is 1. The number of carbonyl (C=O) groups is 1. The first-order valence-electron chi connectivity index (χ1n) is 5.40. The average Bonchev–Trinajstić information content (AvgIpc) is 2.13. The van der Waals surface area contributed by atoms with Crippen molar-refractivity contribution in [1.82, 2.24) is 5.32 Å². The van der Waals surface area contributed by atoms with Gasteiger partial charge in [-0.2, -0.15) is 13.2 Å². The van der Waals surface area contributed by atoms with E-state index in [4.69, 9.17) is 0 Å². The van der Waals surface area contributed by atoms with Gasteiger partial charge in [-0.3, -0.25) is 4.79 Å². The molecule has 0 aromatic heterocycles. The van der Waals surface area contributed by atoms with Crippen molar-refractivity contribution in [1.29, 1.82) is 0 Å². The highest BCUT2D eigenvalue weighted by molar-refractivity contribution is 5.78. The number of phenols is 1. The first kappa shape index (κ1) is 14.3. The molecule has 1 amide bonds. The second-order valence-electron chi connectivity index (χ2n) is 4.13. The Morgan fingerprint density at radius 1 is 1.44 bits per heavy atom. The van der Waals surface area contributed by atoms with Crippen molar-refractivity contribution < 1.29 is 23.1 Å². The van der Waals surface area contributed by atoms with Crippen molar-refractivity contribution in [2.24, 2.45) is 0 Å². The lowest BCUT2D eigenvalue weighted by atomic mass is 10.1. The normalized spacial score (nSPS) is 13.1. The van der Waals surface area contributed by atoms with E-state index in [1.807, 2.05) is 0 Å². The Bertz CT molecular complexity index is 418. The summed E-state index contributed by atoms with van der Waals surface area (Å²) < 4.78 is 36.2. The van der Waals surface area contributed by atoms with E-state index in [2.05, 4.69) is 5.32 Å². The Kier molecular flexibility index (Phi) is 4.58. The molecule has 18 heavy (non-hydrogen) atoms. The molecular weight excluding hydrogens is 247 g/mol. The molecule has 0 aliphatic rings. The summed E-state index contributed by atoms with van der Waals surface area (Å²) in [7, 11) is 0. The van der Waals surface area contributed by atoms with E-state index in [9.17, 15) is 23.1 Å². The van der Waals surface area contributed by atoms with E-state index in [0.29, 0.717) is 5.56 Å². The van der Waals surface area contributed by atoms with Crippen LogP contribution >= 0.6 is 0 Å². The molecule has 0 fully saturated rings. The van der Waals surface area contributed by atoms with Crippen molar-refractivity contribution in [3.8, 4) is 5.75 Å². The van der Waals surface area contributed by atoms with E-state index < -0.39 is 24.5 Å². The van der Waals surface area contributed by atoms with Crippen molar-refractivity contribution >= 4 is 5.91 Å². The van der Waals surface area contributed by atoms with Gasteiger partial charge in [-0.25, -0.2) is 0 Å². The topological polar surface area (TPSA) is 49.3 Å². The van der Waals surface area contributed by atoms with Crippen LogP contribution < -0.4 is 5.32 Å². The Labute approximate surface area is 103 Å². The molecule has 0 saturated carbocycles. The summed E-state index contributed by atoms with van der Waals surface area (Å²) in [6.07, 6.45) is -5.41. The molecular formula is C12H14F3NO2. The largest absolute Gasteiger partial charge is 0.508 e. The van der Waals surface area contributed by atoms with Gasteiger partial charge in [-0.1, -0.05) is 12.1 Å². The predicted octanol–water partition coefficient (Wildman–Crippen LogP) is 2.39. The molecule has 3 nitrogen and oxygen atoms in total. The summed E-state index contributed by atoms with van der Waals surface area (Å²) in [5, 5.41) is 11.4. The van der Waals surface area contributed by atoms with E-state index in [-0.39, 0.29) is 12.2 Å². The minimum atomic E-state index is -4.29. The van der Waals surface area contributed by atoms with Gasteiger partial charge in [0.15, 0.2) is 0 Å². The van der Waals surface area contributed by atoms with Gasteiger partial charge in [0.1, 0.15) is 5.75 Å². The second kappa shape index (κ2) is 5.75. The quantitative estimate of drug-likeness (QED) is 0.874. The average molecular weight is 261 g/mol. The lowest BCUT2D eigenvalue weighted by Gasteiger charge is -2.15. The van der Waals surface area contributed by atoms with Gasteiger partial charge in [0.25, 0.3) is 0 Å². The number of hydrogen-bond donors (Lipinski definition) is 2. The minimum Gasteiger partial charge on any atom is -0.508 e. The predicted molar refractivity (Wildman–Crippen MR) is 60.1 cm³/mol. The van der Waals surface area contributed by atoms with Crippen molar-refractivity contribution in [3.63, 3.8) is 0 Å². The van der Waals surface area contributed by atoms with Crippen LogP contribution in [0.25, 0.3) is 0 Å². The fourth-order valence-electron chi connectivity index (χ4n) is 1.58. The van der Waals surface area contributed by atoms with Crippen LogP contribution in [-0.4, -0.2) is 23.2 Å². The Hall–Kier alpha value is -1.72. The molecule has 0 aliphatic heterocycles. The molecule has 0 heterocycles. The third-order valence-corrected chi connectivity index (χ3v) is 2.22. The molecule has 0 radical (unpaired) electrons. The highest BCUT2D eigenvalue weighted by Gasteiger charge is 2.30. The molecule has 100 valence electrons. The van der Waals surface area contributed by atoms with Crippen LogP contribution in [0.3, 0.4) is 0 Å². The number of nitrogens with one attached hydrogen (secondary N) is 1. The maximum atomic E-state index is 12.1. The fraction of sp³-hybridized carbons (Fsp3) is 0.417. The van der Waals surface area contributed by atoms with Gasteiger partial charge in [-0.05, 0) is 24.6 Å². The van der Waals surface area contributed by atoms with Crippen molar-refractivity contribution in [3.05, 3.63) is 29.8 Å². The molecule has 0 saturated heterocycles. The Balaban J connectivity index is 2.47. The monoisotopic (exact) mass is 261 g/mol. The first-order valence-corrected chi connectivity index (χ1v) is 5.40. The molecule has 1 rings (SSSR count). The zero-order valence-corrected chi connectivity index (χ0v) is 9.79. The summed E-state index contributed by atoms with van der Waals surface area (Å²) >= 11 is 0.